The highest BCUT2D eigenvalue weighted by atomic mass is 19.1. The summed E-state index contributed by atoms with van der Waals surface area (Å²) in [6.45, 7) is 0. The zero-order valence-electron chi connectivity index (χ0n) is 14.5. The molecule has 1 N–H and O–H groups in total. The first kappa shape index (κ1) is 18.1. The van der Waals surface area contributed by atoms with Crippen LogP contribution in [0, 0.1) is 5.82 Å². The number of carbonyl (C=O) groups excluding carboxylic acids is 3. The van der Waals surface area contributed by atoms with Crippen molar-refractivity contribution in [2.45, 2.75) is 0 Å². The lowest BCUT2D eigenvalue weighted by Gasteiger charge is -2.26. The lowest BCUT2D eigenvalue weighted by Crippen LogP contribution is -2.54. The van der Waals surface area contributed by atoms with Gasteiger partial charge in [0.25, 0.3) is 11.8 Å². The summed E-state index contributed by atoms with van der Waals surface area (Å²) in [6, 6.07) is 8.72. The van der Waals surface area contributed by atoms with Gasteiger partial charge in [0.1, 0.15) is 22.9 Å². The monoisotopic (exact) mass is 370 g/mol. The van der Waals surface area contributed by atoms with Gasteiger partial charge in [-0.25, -0.2) is 14.1 Å². The summed E-state index contributed by atoms with van der Waals surface area (Å²) in [4.78, 5) is 37.9. The Hall–Kier alpha value is -3.68. The van der Waals surface area contributed by atoms with E-state index in [1.807, 2.05) is 0 Å². The molecule has 1 heterocycles. The largest absolute Gasteiger partial charge is 0.497 e. The predicted octanol–water partition coefficient (Wildman–Crippen LogP) is 2.51. The molecule has 0 bridgehead atoms. The molecule has 0 unspecified atom stereocenters. The zero-order valence-corrected chi connectivity index (χ0v) is 14.5. The highest BCUT2D eigenvalue weighted by Crippen LogP contribution is 2.28. The minimum absolute atomic E-state index is 0.138. The molecule has 0 aliphatic carbocycles. The Morgan fingerprint density at radius 2 is 1.70 bits per heavy atom. The number of benzene rings is 2. The molecule has 1 aliphatic heterocycles. The minimum Gasteiger partial charge on any atom is -0.497 e. The lowest BCUT2D eigenvalue weighted by atomic mass is 10.1. The van der Waals surface area contributed by atoms with Crippen LogP contribution in [0.1, 0.15) is 5.56 Å². The fourth-order valence-corrected chi connectivity index (χ4v) is 2.58. The van der Waals surface area contributed by atoms with Crippen molar-refractivity contribution in [1.82, 2.24) is 5.32 Å². The first-order chi connectivity index (χ1) is 12.9. The molecule has 1 fully saturated rings. The van der Waals surface area contributed by atoms with Crippen molar-refractivity contribution in [3.05, 3.63) is 59.4 Å². The molecule has 2 aromatic carbocycles. The summed E-state index contributed by atoms with van der Waals surface area (Å²) in [6.07, 6.45) is 1.32. The van der Waals surface area contributed by atoms with E-state index in [2.05, 4.69) is 5.32 Å². The zero-order chi connectivity index (χ0) is 19.6. The van der Waals surface area contributed by atoms with Crippen molar-refractivity contribution in [1.29, 1.82) is 0 Å². The molecule has 0 radical (unpaired) electrons. The number of nitrogens with one attached hydrogen (secondary N) is 1. The molecule has 1 aliphatic rings. The van der Waals surface area contributed by atoms with E-state index >= 15 is 0 Å². The normalized spacial score (nSPS) is 15.7. The van der Waals surface area contributed by atoms with E-state index in [4.69, 9.17) is 9.47 Å². The number of hydrogen-bond acceptors (Lipinski definition) is 5. The highest BCUT2D eigenvalue weighted by molar-refractivity contribution is 6.39. The van der Waals surface area contributed by atoms with Gasteiger partial charge in [0, 0.05) is 11.6 Å². The highest BCUT2D eigenvalue weighted by Gasteiger charge is 2.37. The summed E-state index contributed by atoms with van der Waals surface area (Å²) < 4.78 is 23.5. The van der Waals surface area contributed by atoms with Crippen molar-refractivity contribution in [3.63, 3.8) is 0 Å². The van der Waals surface area contributed by atoms with Crippen LogP contribution in [-0.2, 0) is 9.59 Å². The Kier molecular flexibility index (Phi) is 4.89. The lowest BCUT2D eigenvalue weighted by molar-refractivity contribution is -0.122. The molecule has 27 heavy (non-hydrogen) atoms. The molecule has 0 atom stereocenters. The summed E-state index contributed by atoms with van der Waals surface area (Å²) in [5.41, 5.74) is 0.326. The molecule has 0 saturated carbocycles. The molecular weight excluding hydrogens is 355 g/mol. The van der Waals surface area contributed by atoms with Gasteiger partial charge < -0.3 is 9.47 Å². The Morgan fingerprint density at radius 1 is 1.00 bits per heavy atom. The SMILES string of the molecule is COc1ccc(/C=C2/C(=O)NC(=O)N(c3ccc(F)cc3)C2=O)c(OC)c1. The predicted molar refractivity (Wildman–Crippen MR) is 94.9 cm³/mol. The maximum atomic E-state index is 13.1. The first-order valence-corrected chi connectivity index (χ1v) is 7.83. The average Bonchev–Trinajstić information content (AvgIpc) is 2.66. The van der Waals surface area contributed by atoms with Crippen LogP contribution in [0.3, 0.4) is 0 Å². The molecule has 8 heteroatoms. The van der Waals surface area contributed by atoms with Crippen LogP contribution >= 0.6 is 0 Å². The first-order valence-electron chi connectivity index (χ1n) is 7.83. The maximum absolute atomic E-state index is 13.1. The van der Waals surface area contributed by atoms with Crippen molar-refractivity contribution in [2.24, 2.45) is 0 Å². The Bertz CT molecular complexity index is 953. The number of barbiturate groups is 1. The maximum Gasteiger partial charge on any atom is 0.335 e. The summed E-state index contributed by atoms with van der Waals surface area (Å²) in [5, 5.41) is 2.10. The van der Waals surface area contributed by atoms with Gasteiger partial charge in [0.2, 0.25) is 0 Å². The van der Waals surface area contributed by atoms with Gasteiger partial charge in [-0.15, -0.1) is 0 Å². The van der Waals surface area contributed by atoms with Gasteiger partial charge in [-0.1, -0.05) is 0 Å². The van der Waals surface area contributed by atoms with Crippen molar-refractivity contribution >= 4 is 29.6 Å². The Morgan fingerprint density at radius 3 is 2.33 bits per heavy atom. The number of anilines is 1. The molecular formula is C19H15FN2O5. The van der Waals surface area contributed by atoms with E-state index in [9.17, 15) is 18.8 Å². The van der Waals surface area contributed by atoms with E-state index in [0.29, 0.717) is 17.1 Å². The van der Waals surface area contributed by atoms with E-state index in [1.165, 1.54) is 32.4 Å². The van der Waals surface area contributed by atoms with Crippen molar-refractivity contribution in [3.8, 4) is 11.5 Å². The fourth-order valence-electron chi connectivity index (χ4n) is 2.58. The van der Waals surface area contributed by atoms with Gasteiger partial charge in [-0.2, -0.15) is 0 Å². The second-order valence-electron chi connectivity index (χ2n) is 5.54. The number of halogens is 1. The van der Waals surface area contributed by atoms with Gasteiger partial charge in [-0.3, -0.25) is 14.9 Å². The number of urea groups is 1. The second-order valence-corrected chi connectivity index (χ2v) is 5.54. The molecule has 2 aromatic rings. The number of amides is 4. The Labute approximate surface area is 154 Å². The molecule has 7 nitrogen and oxygen atoms in total. The van der Waals surface area contributed by atoms with E-state index in [1.54, 1.807) is 18.2 Å². The van der Waals surface area contributed by atoms with Crippen LogP contribution < -0.4 is 19.7 Å². The standard InChI is InChI=1S/C19H15FN2O5/c1-26-14-8-3-11(16(10-14)27-2)9-15-17(23)21-19(25)22(18(15)24)13-6-4-12(20)5-7-13/h3-10H,1-2H3,(H,21,23,25)/b15-9-. The Balaban J connectivity index is 2.03. The third-order valence-electron chi connectivity index (χ3n) is 3.93. The van der Waals surface area contributed by atoms with Gasteiger partial charge >= 0.3 is 6.03 Å². The van der Waals surface area contributed by atoms with Gasteiger partial charge in [0.15, 0.2) is 0 Å². The van der Waals surface area contributed by atoms with E-state index < -0.39 is 23.7 Å². The van der Waals surface area contributed by atoms with Crippen molar-refractivity contribution in [2.75, 3.05) is 19.1 Å². The van der Waals surface area contributed by atoms with Gasteiger partial charge in [0.05, 0.1) is 19.9 Å². The number of ether oxygens (including phenoxy) is 2. The number of rotatable bonds is 4. The van der Waals surface area contributed by atoms with E-state index in [0.717, 1.165) is 17.0 Å². The van der Waals surface area contributed by atoms with Crippen LogP contribution in [0.2, 0.25) is 0 Å². The molecule has 0 aromatic heterocycles. The smallest absolute Gasteiger partial charge is 0.335 e. The number of methoxy groups -OCH3 is 2. The van der Waals surface area contributed by atoms with Crippen LogP contribution in [0.25, 0.3) is 6.08 Å². The molecule has 0 spiro atoms. The van der Waals surface area contributed by atoms with Crippen molar-refractivity contribution < 1.29 is 28.2 Å². The molecule has 138 valence electrons. The second kappa shape index (κ2) is 7.28. The summed E-state index contributed by atoms with van der Waals surface area (Å²) in [7, 11) is 2.94. The number of imide groups is 2. The summed E-state index contributed by atoms with van der Waals surface area (Å²) in [5.74, 6) is -1.25. The molecule has 1 saturated heterocycles. The quantitative estimate of drug-likeness (QED) is 0.660. The third kappa shape index (κ3) is 3.50. The van der Waals surface area contributed by atoms with E-state index in [-0.39, 0.29) is 11.3 Å². The van der Waals surface area contributed by atoms with Gasteiger partial charge in [-0.05, 0) is 42.5 Å². The fraction of sp³-hybridized carbons (Fsp3) is 0.105. The summed E-state index contributed by atoms with van der Waals surface area (Å²) >= 11 is 0. The molecule has 3 rings (SSSR count). The topological polar surface area (TPSA) is 84.9 Å². The third-order valence-corrected chi connectivity index (χ3v) is 3.93. The van der Waals surface area contributed by atoms with Crippen LogP contribution in [-0.4, -0.2) is 32.1 Å². The average molecular weight is 370 g/mol. The minimum atomic E-state index is -0.907. The van der Waals surface area contributed by atoms with Crippen LogP contribution in [0.15, 0.2) is 48.0 Å². The number of hydrogen-bond donors (Lipinski definition) is 1. The van der Waals surface area contributed by atoms with Crippen LogP contribution in [0.4, 0.5) is 14.9 Å². The number of carbonyl (C=O) groups is 3. The number of nitrogens with zero attached hydrogens (tertiary/aromatic N) is 1. The van der Waals surface area contributed by atoms with Crippen LogP contribution in [0.5, 0.6) is 11.5 Å². The molecule has 4 amide bonds.